The summed E-state index contributed by atoms with van der Waals surface area (Å²) in [5.74, 6) is -0.887. The van der Waals surface area contributed by atoms with E-state index in [-0.39, 0.29) is 28.4 Å². The number of anilines is 1. The van der Waals surface area contributed by atoms with Crippen LogP contribution in [0.15, 0.2) is 71.6 Å². The molecule has 2 N–H and O–H groups in total. The second-order valence-corrected chi connectivity index (χ2v) is 8.48. The minimum Gasteiger partial charge on any atom is -0.435 e. The SMILES string of the molecule is Cc1cc(S(=O)(=O)Nc2ccc(C(=O)NCc3ccc(OC(F)F)cc3)cc2)ccc1F. The summed E-state index contributed by atoms with van der Waals surface area (Å²) in [5.41, 5.74) is 1.41. The van der Waals surface area contributed by atoms with Crippen LogP contribution in [0.3, 0.4) is 0 Å². The van der Waals surface area contributed by atoms with Gasteiger partial charge in [-0.1, -0.05) is 12.1 Å². The van der Waals surface area contributed by atoms with Crippen LogP contribution >= 0.6 is 0 Å². The Morgan fingerprint density at radius 3 is 2.25 bits per heavy atom. The van der Waals surface area contributed by atoms with Crippen molar-refractivity contribution >= 4 is 21.6 Å². The molecule has 3 rings (SSSR count). The highest BCUT2D eigenvalue weighted by molar-refractivity contribution is 7.92. The van der Waals surface area contributed by atoms with Gasteiger partial charge in [-0.2, -0.15) is 8.78 Å². The number of ether oxygens (including phenoxy) is 1. The molecule has 3 aromatic carbocycles. The Kier molecular flexibility index (Phi) is 7.04. The lowest BCUT2D eigenvalue weighted by Gasteiger charge is -2.10. The van der Waals surface area contributed by atoms with Crippen LogP contribution in [-0.4, -0.2) is 20.9 Å². The topological polar surface area (TPSA) is 84.5 Å². The third-order valence-corrected chi connectivity index (χ3v) is 5.82. The maximum Gasteiger partial charge on any atom is 0.387 e. The van der Waals surface area contributed by atoms with Crippen molar-refractivity contribution in [2.24, 2.45) is 0 Å². The standard InChI is InChI=1S/C22H19F3N2O4S/c1-14-12-19(10-11-20(14)23)32(29,30)27-17-6-4-16(5-7-17)21(28)26-13-15-2-8-18(9-3-15)31-22(24)25/h2-12,22,27H,13H2,1H3,(H,26,28). The van der Waals surface area contributed by atoms with Crippen molar-refractivity contribution in [3.05, 3.63) is 89.2 Å². The largest absolute Gasteiger partial charge is 0.435 e. The van der Waals surface area contributed by atoms with Crippen molar-refractivity contribution in [1.82, 2.24) is 5.32 Å². The van der Waals surface area contributed by atoms with Gasteiger partial charge in [0, 0.05) is 17.8 Å². The lowest BCUT2D eigenvalue weighted by Crippen LogP contribution is -2.22. The second kappa shape index (κ2) is 9.73. The van der Waals surface area contributed by atoms with E-state index in [4.69, 9.17) is 0 Å². The van der Waals surface area contributed by atoms with Gasteiger partial charge in [-0.3, -0.25) is 9.52 Å². The molecule has 1 amide bonds. The van der Waals surface area contributed by atoms with Crippen LogP contribution in [0.4, 0.5) is 18.9 Å². The highest BCUT2D eigenvalue weighted by Gasteiger charge is 2.16. The minimum absolute atomic E-state index is 0.0175. The van der Waals surface area contributed by atoms with Crippen LogP contribution < -0.4 is 14.8 Å². The van der Waals surface area contributed by atoms with Crippen LogP contribution in [0.25, 0.3) is 0 Å². The van der Waals surface area contributed by atoms with Crippen LogP contribution in [0.1, 0.15) is 21.5 Å². The van der Waals surface area contributed by atoms with Gasteiger partial charge in [-0.15, -0.1) is 0 Å². The number of carbonyl (C=O) groups excluding carboxylic acids is 1. The second-order valence-electron chi connectivity index (χ2n) is 6.80. The molecule has 0 fully saturated rings. The Labute approximate surface area is 183 Å². The molecule has 0 heterocycles. The number of alkyl halides is 2. The number of hydrogen-bond acceptors (Lipinski definition) is 4. The molecule has 0 unspecified atom stereocenters. The first-order valence-electron chi connectivity index (χ1n) is 9.35. The van der Waals surface area contributed by atoms with E-state index in [1.807, 2.05) is 0 Å². The van der Waals surface area contributed by atoms with E-state index in [0.29, 0.717) is 11.1 Å². The zero-order chi connectivity index (χ0) is 23.3. The third kappa shape index (κ3) is 6.01. The molecule has 0 aliphatic carbocycles. The average Bonchev–Trinajstić information content (AvgIpc) is 2.74. The van der Waals surface area contributed by atoms with E-state index in [2.05, 4.69) is 14.8 Å². The summed E-state index contributed by atoms with van der Waals surface area (Å²) >= 11 is 0. The number of aryl methyl sites for hydroxylation is 1. The number of carbonyl (C=O) groups is 1. The van der Waals surface area contributed by atoms with Crippen LogP contribution in [-0.2, 0) is 16.6 Å². The van der Waals surface area contributed by atoms with Crippen LogP contribution in [0.5, 0.6) is 5.75 Å². The lowest BCUT2D eigenvalue weighted by atomic mass is 10.2. The maximum atomic E-state index is 13.4. The Balaban J connectivity index is 1.59. The molecule has 0 spiro atoms. The molecule has 0 atom stereocenters. The van der Waals surface area contributed by atoms with Gasteiger partial charge in [0.05, 0.1) is 4.90 Å². The predicted molar refractivity (Wildman–Crippen MR) is 113 cm³/mol. The number of halogens is 3. The van der Waals surface area contributed by atoms with Crippen LogP contribution in [0, 0.1) is 12.7 Å². The fraction of sp³-hybridized carbons (Fsp3) is 0.136. The van der Waals surface area contributed by atoms with Crippen molar-refractivity contribution < 1.29 is 31.1 Å². The van der Waals surface area contributed by atoms with Crippen molar-refractivity contribution in [1.29, 1.82) is 0 Å². The summed E-state index contributed by atoms with van der Waals surface area (Å²) in [6, 6.07) is 15.1. The molecule has 10 heteroatoms. The average molecular weight is 464 g/mol. The van der Waals surface area contributed by atoms with Crippen molar-refractivity contribution in [3.63, 3.8) is 0 Å². The summed E-state index contributed by atoms with van der Waals surface area (Å²) < 4.78 is 69.3. The number of nitrogens with one attached hydrogen (secondary N) is 2. The molecule has 0 saturated heterocycles. The van der Waals surface area contributed by atoms with E-state index in [9.17, 15) is 26.4 Å². The smallest absolute Gasteiger partial charge is 0.387 e. The monoisotopic (exact) mass is 464 g/mol. The number of hydrogen-bond donors (Lipinski definition) is 2. The molecule has 3 aromatic rings. The van der Waals surface area contributed by atoms with E-state index in [1.165, 1.54) is 55.5 Å². The molecule has 0 aliphatic heterocycles. The summed E-state index contributed by atoms with van der Waals surface area (Å²) in [4.78, 5) is 12.2. The molecule has 168 valence electrons. The van der Waals surface area contributed by atoms with Gasteiger partial charge in [0.1, 0.15) is 11.6 Å². The van der Waals surface area contributed by atoms with Gasteiger partial charge in [0.25, 0.3) is 15.9 Å². The quantitative estimate of drug-likeness (QED) is 0.515. The highest BCUT2D eigenvalue weighted by Crippen LogP contribution is 2.19. The molecule has 0 saturated carbocycles. The number of sulfonamides is 1. The zero-order valence-corrected chi connectivity index (χ0v) is 17.6. The van der Waals surface area contributed by atoms with E-state index >= 15 is 0 Å². The fourth-order valence-electron chi connectivity index (χ4n) is 2.76. The Morgan fingerprint density at radius 1 is 1.00 bits per heavy atom. The molecular weight excluding hydrogens is 445 g/mol. The van der Waals surface area contributed by atoms with Crippen molar-refractivity contribution in [2.75, 3.05) is 4.72 Å². The Morgan fingerprint density at radius 2 is 1.66 bits per heavy atom. The molecule has 32 heavy (non-hydrogen) atoms. The Hall–Kier alpha value is -3.53. The lowest BCUT2D eigenvalue weighted by molar-refractivity contribution is -0.0498. The highest BCUT2D eigenvalue weighted by atomic mass is 32.2. The van der Waals surface area contributed by atoms with E-state index in [1.54, 1.807) is 12.1 Å². The summed E-state index contributed by atoms with van der Waals surface area (Å²) in [5, 5.41) is 2.68. The third-order valence-electron chi connectivity index (χ3n) is 4.44. The summed E-state index contributed by atoms with van der Waals surface area (Å²) in [6.07, 6.45) is 0. The van der Waals surface area contributed by atoms with Crippen molar-refractivity contribution in [2.45, 2.75) is 25.0 Å². The van der Waals surface area contributed by atoms with Gasteiger partial charge >= 0.3 is 6.61 Å². The number of rotatable bonds is 8. The fourth-order valence-corrected chi connectivity index (χ4v) is 3.90. The Bertz CT molecular complexity index is 1200. The molecular formula is C22H19F3N2O4S. The van der Waals surface area contributed by atoms with E-state index < -0.39 is 28.4 Å². The number of benzene rings is 3. The number of amides is 1. The molecule has 0 bridgehead atoms. The van der Waals surface area contributed by atoms with E-state index in [0.717, 1.165) is 6.07 Å². The first kappa shape index (κ1) is 23.1. The minimum atomic E-state index is -3.92. The van der Waals surface area contributed by atoms with Crippen molar-refractivity contribution in [3.8, 4) is 5.75 Å². The first-order chi connectivity index (χ1) is 15.1. The summed E-state index contributed by atoms with van der Waals surface area (Å²) in [7, 11) is -3.92. The predicted octanol–water partition coefficient (Wildman–Crippen LogP) is 4.47. The van der Waals surface area contributed by atoms with Gasteiger partial charge < -0.3 is 10.1 Å². The van der Waals surface area contributed by atoms with Gasteiger partial charge in [-0.05, 0) is 72.6 Å². The van der Waals surface area contributed by atoms with Gasteiger partial charge in [0.15, 0.2) is 0 Å². The van der Waals surface area contributed by atoms with Gasteiger partial charge in [0.2, 0.25) is 0 Å². The maximum absolute atomic E-state index is 13.4. The van der Waals surface area contributed by atoms with Crippen LogP contribution in [0.2, 0.25) is 0 Å². The molecule has 0 radical (unpaired) electrons. The molecule has 6 nitrogen and oxygen atoms in total. The molecule has 0 aliphatic rings. The summed E-state index contributed by atoms with van der Waals surface area (Å²) in [6.45, 7) is -1.29. The first-order valence-corrected chi connectivity index (χ1v) is 10.8. The zero-order valence-electron chi connectivity index (χ0n) is 16.8. The van der Waals surface area contributed by atoms with Gasteiger partial charge in [-0.25, -0.2) is 12.8 Å². The molecule has 0 aromatic heterocycles. The normalized spacial score (nSPS) is 11.3.